The molecule has 1 N–H and O–H groups in total. The van der Waals surface area contributed by atoms with Crippen LogP contribution in [0.15, 0.2) is 29.4 Å². The molecule has 0 saturated heterocycles. The molecule has 25 heavy (non-hydrogen) atoms. The van der Waals surface area contributed by atoms with Crippen LogP contribution in [0, 0.1) is 6.92 Å². The summed E-state index contributed by atoms with van der Waals surface area (Å²) in [7, 11) is 0. The zero-order valence-electron chi connectivity index (χ0n) is 15.1. The van der Waals surface area contributed by atoms with Gasteiger partial charge in [-0.2, -0.15) is 5.10 Å². The molecule has 0 amide bonds. The first-order valence-electron chi connectivity index (χ1n) is 8.37. The Morgan fingerprint density at radius 1 is 1.28 bits per heavy atom. The Bertz CT molecular complexity index is 721. The monoisotopic (exact) mass is 360 g/mol. The van der Waals surface area contributed by atoms with Crippen LogP contribution in [0.1, 0.15) is 41.7 Å². The maximum atomic E-state index is 11.8. The lowest BCUT2D eigenvalue weighted by Crippen LogP contribution is -2.21. The van der Waals surface area contributed by atoms with Gasteiger partial charge in [0.15, 0.2) is 0 Å². The summed E-state index contributed by atoms with van der Waals surface area (Å²) in [5, 5.41) is 4.76. The molecule has 134 valence electrons. The summed E-state index contributed by atoms with van der Waals surface area (Å²) in [5.74, 6) is -0.346. The number of benzene rings is 1. The summed E-state index contributed by atoms with van der Waals surface area (Å²) >= 11 is 1.24. The van der Waals surface area contributed by atoms with Crippen molar-refractivity contribution in [3.63, 3.8) is 0 Å². The van der Waals surface area contributed by atoms with E-state index in [0.29, 0.717) is 22.3 Å². The highest BCUT2D eigenvalue weighted by atomic mass is 32.1. The molecule has 0 saturated carbocycles. The molecule has 2 rings (SSSR count). The van der Waals surface area contributed by atoms with Crippen LogP contribution in [0.2, 0.25) is 0 Å². The largest absolute Gasteiger partial charge is 0.462 e. The summed E-state index contributed by atoms with van der Waals surface area (Å²) in [6.07, 6.45) is 1.73. The number of nitrogens with one attached hydrogen (secondary N) is 1. The fourth-order valence-electron chi connectivity index (χ4n) is 2.35. The van der Waals surface area contributed by atoms with Crippen LogP contribution in [0.5, 0.6) is 0 Å². The number of ether oxygens (including phenoxy) is 1. The molecule has 0 aliphatic heterocycles. The van der Waals surface area contributed by atoms with Gasteiger partial charge in [-0.05, 0) is 45.4 Å². The second-order valence-corrected chi connectivity index (χ2v) is 6.29. The third-order valence-electron chi connectivity index (χ3n) is 3.65. The van der Waals surface area contributed by atoms with Gasteiger partial charge in [-0.25, -0.2) is 9.78 Å². The molecule has 0 atom stereocenters. The predicted molar refractivity (Wildman–Crippen MR) is 104 cm³/mol. The molecular formula is C18H24N4O2S. The Labute approximate surface area is 152 Å². The molecule has 1 heterocycles. The lowest BCUT2D eigenvalue weighted by molar-refractivity contribution is 0.0531. The molecule has 0 fully saturated rings. The molecule has 0 unspecified atom stereocenters. The van der Waals surface area contributed by atoms with Crippen molar-refractivity contribution in [2.24, 2.45) is 5.10 Å². The number of nitrogens with zero attached hydrogens (tertiary/aromatic N) is 3. The maximum absolute atomic E-state index is 11.8. The molecular weight excluding hydrogens is 336 g/mol. The van der Waals surface area contributed by atoms with Crippen molar-refractivity contribution < 1.29 is 9.53 Å². The van der Waals surface area contributed by atoms with Gasteiger partial charge in [-0.3, -0.25) is 5.43 Å². The first kappa shape index (κ1) is 18.9. The zero-order valence-corrected chi connectivity index (χ0v) is 15.9. The SMILES string of the molecule is CCOC(=O)c1sc(NN=Cc2ccc(N(CC)CC)cc2)nc1C. The van der Waals surface area contributed by atoms with Crippen LogP contribution in [0.25, 0.3) is 0 Å². The van der Waals surface area contributed by atoms with Gasteiger partial charge >= 0.3 is 5.97 Å². The average Bonchev–Trinajstić information content (AvgIpc) is 2.98. The molecule has 0 spiro atoms. The number of anilines is 2. The van der Waals surface area contributed by atoms with Crippen molar-refractivity contribution in [2.45, 2.75) is 27.7 Å². The number of hydrogen-bond donors (Lipinski definition) is 1. The van der Waals surface area contributed by atoms with Crippen molar-refractivity contribution in [1.29, 1.82) is 0 Å². The second kappa shape index (κ2) is 9.17. The topological polar surface area (TPSA) is 66.8 Å². The maximum Gasteiger partial charge on any atom is 0.350 e. The molecule has 0 aliphatic rings. The normalized spacial score (nSPS) is 10.9. The Morgan fingerprint density at radius 2 is 1.96 bits per heavy atom. The molecule has 0 aliphatic carbocycles. The second-order valence-electron chi connectivity index (χ2n) is 5.29. The number of aromatic nitrogens is 1. The van der Waals surface area contributed by atoms with Crippen molar-refractivity contribution in [3.05, 3.63) is 40.4 Å². The summed E-state index contributed by atoms with van der Waals surface area (Å²) in [5.41, 5.74) is 5.70. The summed E-state index contributed by atoms with van der Waals surface area (Å²) in [6.45, 7) is 10.2. The van der Waals surface area contributed by atoms with E-state index < -0.39 is 0 Å². The number of esters is 1. The third-order valence-corrected chi connectivity index (χ3v) is 4.70. The summed E-state index contributed by atoms with van der Waals surface area (Å²) in [4.78, 5) is 18.9. The lowest BCUT2D eigenvalue weighted by Gasteiger charge is -2.20. The highest BCUT2D eigenvalue weighted by Gasteiger charge is 2.15. The van der Waals surface area contributed by atoms with E-state index in [-0.39, 0.29) is 5.97 Å². The number of thiazole rings is 1. The zero-order chi connectivity index (χ0) is 18.2. The number of rotatable bonds is 8. The van der Waals surface area contributed by atoms with E-state index in [0.717, 1.165) is 18.7 Å². The van der Waals surface area contributed by atoms with Crippen LogP contribution in [0.4, 0.5) is 10.8 Å². The minimum Gasteiger partial charge on any atom is -0.462 e. The van der Waals surface area contributed by atoms with E-state index in [1.54, 1.807) is 20.1 Å². The number of carbonyl (C=O) groups is 1. The van der Waals surface area contributed by atoms with Gasteiger partial charge in [0.25, 0.3) is 0 Å². The third kappa shape index (κ3) is 5.03. The molecule has 1 aromatic heterocycles. The van der Waals surface area contributed by atoms with Crippen LogP contribution in [-0.4, -0.2) is 36.9 Å². The van der Waals surface area contributed by atoms with Crippen molar-refractivity contribution in [3.8, 4) is 0 Å². The van der Waals surface area contributed by atoms with Crippen molar-refractivity contribution in [1.82, 2.24) is 4.98 Å². The molecule has 1 aromatic carbocycles. The van der Waals surface area contributed by atoms with Crippen LogP contribution >= 0.6 is 11.3 Å². The van der Waals surface area contributed by atoms with Gasteiger partial charge in [-0.1, -0.05) is 23.5 Å². The van der Waals surface area contributed by atoms with E-state index in [1.165, 1.54) is 17.0 Å². The van der Waals surface area contributed by atoms with Crippen molar-refractivity contribution in [2.75, 3.05) is 30.0 Å². The van der Waals surface area contributed by atoms with E-state index in [2.05, 4.69) is 46.4 Å². The van der Waals surface area contributed by atoms with Gasteiger partial charge in [-0.15, -0.1) is 0 Å². The number of aryl methyl sites for hydroxylation is 1. The smallest absolute Gasteiger partial charge is 0.350 e. The Hall–Kier alpha value is -2.41. The summed E-state index contributed by atoms with van der Waals surface area (Å²) < 4.78 is 5.01. The quantitative estimate of drug-likeness (QED) is 0.439. The van der Waals surface area contributed by atoms with Gasteiger partial charge in [0.05, 0.1) is 18.5 Å². The molecule has 0 bridgehead atoms. The van der Waals surface area contributed by atoms with Crippen LogP contribution < -0.4 is 10.3 Å². The number of hydrogen-bond acceptors (Lipinski definition) is 7. The molecule has 6 nitrogen and oxygen atoms in total. The highest BCUT2D eigenvalue weighted by Crippen LogP contribution is 2.23. The Kier molecular flexibility index (Phi) is 6.94. The van der Waals surface area contributed by atoms with Gasteiger partial charge in [0, 0.05) is 18.8 Å². The minimum absolute atomic E-state index is 0.346. The van der Waals surface area contributed by atoms with Gasteiger partial charge < -0.3 is 9.64 Å². The van der Waals surface area contributed by atoms with Crippen LogP contribution in [0.3, 0.4) is 0 Å². The van der Waals surface area contributed by atoms with Crippen LogP contribution in [-0.2, 0) is 4.74 Å². The predicted octanol–water partition coefficient (Wildman–Crippen LogP) is 3.92. The molecule has 0 radical (unpaired) electrons. The molecule has 2 aromatic rings. The Balaban J connectivity index is 1.99. The summed E-state index contributed by atoms with van der Waals surface area (Å²) in [6, 6.07) is 8.22. The minimum atomic E-state index is -0.346. The fourth-order valence-corrected chi connectivity index (χ4v) is 3.16. The van der Waals surface area contributed by atoms with Crippen molar-refractivity contribution >= 4 is 34.3 Å². The first-order chi connectivity index (χ1) is 12.1. The van der Waals surface area contributed by atoms with Gasteiger partial charge in [0.1, 0.15) is 4.88 Å². The highest BCUT2D eigenvalue weighted by molar-refractivity contribution is 7.17. The van der Waals surface area contributed by atoms with E-state index in [1.807, 2.05) is 12.1 Å². The first-order valence-corrected chi connectivity index (χ1v) is 9.19. The fraction of sp³-hybridized carbons (Fsp3) is 0.389. The van der Waals surface area contributed by atoms with E-state index in [4.69, 9.17) is 4.74 Å². The number of hydrazone groups is 1. The van der Waals surface area contributed by atoms with E-state index >= 15 is 0 Å². The molecule has 7 heteroatoms. The van der Waals surface area contributed by atoms with E-state index in [9.17, 15) is 4.79 Å². The van der Waals surface area contributed by atoms with Gasteiger partial charge in [0.2, 0.25) is 5.13 Å². The lowest BCUT2D eigenvalue weighted by atomic mass is 10.2. The number of carbonyl (C=O) groups excluding carboxylic acids is 1. The standard InChI is InChI=1S/C18H24N4O2S/c1-5-22(6-2)15-10-8-14(9-11-15)12-19-21-18-20-13(4)16(25-18)17(23)24-7-3/h8-12H,5-7H2,1-4H3,(H,20,21). The average molecular weight is 360 g/mol. The Morgan fingerprint density at radius 3 is 2.56 bits per heavy atom.